The number of aromatic nitrogens is 2. The summed E-state index contributed by atoms with van der Waals surface area (Å²) in [6.45, 7) is 0. The predicted octanol–water partition coefficient (Wildman–Crippen LogP) is 0.243. The summed E-state index contributed by atoms with van der Waals surface area (Å²) in [6, 6.07) is -0.804. The van der Waals surface area contributed by atoms with Crippen LogP contribution >= 0.6 is 11.8 Å². The van der Waals surface area contributed by atoms with E-state index in [1.165, 1.54) is 0 Å². The largest absolute Gasteiger partial charge is 0.480 e. The summed E-state index contributed by atoms with van der Waals surface area (Å²) in [5, 5.41) is 11.1. The van der Waals surface area contributed by atoms with Crippen molar-refractivity contribution >= 4 is 24.1 Å². The lowest BCUT2D eigenvalue weighted by atomic mass is 10.2. The fourth-order valence-electron chi connectivity index (χ4n) is 1.26. The molecule has 0 radical (unpaired) electrons. The molecule has 1 aromatic heterocycles. The Morgan fingerprint density at radius 3 is 3.06 bits per heavy atom. The van der Waals surface area contributed by atoms with Gasteiger partial charge in [0.25, 0.3) is 0 Å². The zero-order valence-electron chi connectivity index (χ0n) is 9.50. The lowest BCUT2D eigenvalue weighted by Gasteiger charge is -2.10. The average molecular weight is 257 g/mol. The fourth-order valence-corrected chi connectivity index (χ4v) is 2.27. The zero-order chi connectivity index (χ0) is 12.7. The average Bonchev–Trinajstić information content (AvgIpc) is 2.68. The number of hydrogen-bond acceptors (Lipinski definition) is 4. The summed E-state index contributed by atoms with van der Waals surface area (Å²) < 4.78 is 1.92. The van der Waals surface area contributed by atoms with Gasteiger partial charge in [-0.2, -0.15) is 11.8 Å². The minimum atomic E-state index is -1.00. The van der Waals surface area contributed by atoms with Gasteiger partial charge in [0.2, 0.25) is 6.41 Å². The number of carboxylic acid groups (broad SMARTS) is 1. The van der Waals surface area contributed by atoms with E-state index in [4.69, 9.17) is 5.11 Å². The Hall–Kier alpha value is -1.50. The molecule has 6 nitrogen and oxygen atoms in total. The number of carbonyl (C=O) groups is 2. The molecule has 0 aliphatic heterocycles. The third kappa shape index (κ3) is 4.48. The first-order chi connectivity index (χ1) is 8.15. The number of rotatable bonds is 8. The van der Waals surface area contributed by atoms with Crippen LogP contribution in [0.25, 0.3) is 0 Å². The topological polar surface area (TPSA) is 84.2 Å². The molecular weight excluding hydrogens is 242 g/mol. The van der Waals surface area contributed by atoms with Crippen LogP contribution in [0.3, 0.4) is 0 Å². The summed E-state index contributed by atoms with van der Waals surface area (Å²) in [4.78, 5) is 25.1. The van der Waals surface area contributed by atoms with Crippen LogP contribution < -0.4 is 5.32 Å². The second kappa shape index (κ2) is 6.95. The van der Waals surface area contributed by atoms with Crippen molar-refractivity contribution in [2.24, 2.45) is 7.05 Å². The van der Waals surface area contributed by atoms with E-state index in [9.17, 15) is 9.59 Å². The van der Waals surface area contributed by atoms with Gasteiger partial charge in [-0.05, 0) is 12.2 Å². The molecular formula is C10H15N3O3S. The van der Waals surface area contributed by atoms with Gasteiger partial charge in [0.1, 0.15) is 11.9 Å². The van der Waals surface area contributed by atoms with Crippen molar-refractivity contribution in [2.45, 2.75) is 18.2 Å². The van der Waals surface area contributed by atoms with Gasteiger partial charge in [0.15, 0.2) is 0 Å². The highest BCUT2D eigenvalue weighted by molar-refractivity contribution is 7.98. The molecule has 1 aromatic rings. The first-order valence-electron chi connectivity index (χ1n) is 5.11. The molecule has 1 amide bonds. The van der Waals surface area contributed by atoms with Crippen molar-refractivity contribution in [3.8, 4) is 0 Å². The van der Waals surface area contributed by atoms with E-state index in [2.05, 4.69) is 10.3 Å². The quantitative estimate of drug-likeness (QED) is 0.515. The molecule has 0 aliphatic carbocycles. The Morgan fingerprint density at radius 2 is 2.53 bits per heavy atom. The van der Waals surface area contributed by atoms with Gasteiger partial charge in [-0.1, -0.05) is 0 Å². The lowest BCUT2D eigenvalue weighted by Crippen LogP contribution is -2.36. The van der Waals surface area contributed by atoms with Crippen LogP contribution in [0.5, 0.6) is 0 Å². The highest BCUT2D eigenvalue weighted by Gasteiger charge is 2.15. The molecule has 2 N–H and O–H groups in total. The molecule has 94 valence electrons. The van der Waals surface area contributed by atoms with Crippen molar-refractivity contribution in [3.05, 3.63) is 18.2 Å². The third-order valence-corrected chi connectivity index (χ3v) is 3.26. The molecule has 0 fully saturated rings. The number of aryl methyl sites for hydroxylation is 1. The van der Waals surface area contributed by atoms with Gasteiger partial charge < -0.3 is 15.0 Å². The second-order valence-corrected chi connectivity index (χ2v) is 4.58. The van der Waals surface area contributed by atoms with Crippen LogP contribution in [-0.4, -0.2) is 38.8 Å². The maximum absolute atomic E-state index is 10.7. The van der Waals surface area contributed by atoms with Crippen LogP contribution in [0, 0.1) is 0 Å². The van der Waals surface area contributed by atoms with Gasteiger partial charge in [-0.25, -0.2) is 9.78 Å². The van der Waals surface area contributed by atoms with E-state index in [0.717, 1.165) is 11.6 Å². The third-order valence-electron chi connectivity index (χ3n) is 2.27. The molecule has 0 aliphatic rings. The normalized spacial score (nSPS) is 12.1. The van der Waals surface area contributed by atoms with E-state index in [1.807, 2.05) is 17.8 Å². The maximum Gasteiger partial charge on any atom is 0.326 e. The van der Waals surface area contributed by atoms with Crippen LogP contribution in [-0.2, 0) is 22.4 Å². The highest BCUT2D eigenvalue weighted by atomic mass is 32.2. The number of nitrogens with one attached hydrogen (secondary N) is 1. The summed E-state index contributed by atoms with van der Waals surface area (Å²) in [7, 11) is 1.91. The van der Waals surface area contributed by atoms with Crippen LogP contribution in [0.4, 0.5) is 0 Å². The number of amides is 1. The number of aliphatic carboxylic acids is 1. The van der Waals surface area contributed by atoms with E-state index >= 15 is 0 Å². The van der Waals surface area contributed by atoms with Crippen molar-refractivity contribution in [2.75, 3.05) is 5.75 Å². The first-order valence-corrected chi connectivity index (χ1v) is 6.27. The van der Waals surface area contributed by atoms with Crippen LogP contribution in [0.1, 0.15) is 12.2 Å². The Bertz CT molecular complexity index is 381. The van der Waals surface area contributed by atoms with Gasteiger partial charge in [0.05, 0.1) is 5.75 Å². The predicted molar refractivity (Wildman–Crippen MR) is 64.6 cm³/mol. The second-order valence-electron chi connectivity index (χ2n) is 3.47. The van der Waals surface area contributed by atoms with Gasteiger partial charge in [0, 0.05) is 19.4 Å². The highest BCUT2D eigenvalue weighted by Crippen LogP contribution is 2.11. The van der Waals surface area contributed by atoms with Crippen LogP contribution in [0.2, 0.25) is 0 Å². The molecule has 0 spiro atoms. The maximum atomic E-state index is 10.7. The molecule has 0 aromatic carbocycles. The SMILES string of the molecule is Cn1ccnc1CSCCC(NC=O)C(=O)O. The molecule has 0 saturated carbocycles. The molecule has 1 unspecified atom stereocenters. The van der Waals surface area contributed by atoms with Gasteiger partial charge in [-0.15, -0.1) is 0 Å². The summed E-state index contributed by atoms with van der Waals surface area (Å²) >= 11 is 1.59. The molecule has 1 atom stereocenters. The minimum Gasteiger partial charge on any atom is -0.480 e. The molecule has 0 saturated heterocycles. The number of carbonyl (C=O) groups excluding carboxylic acids is 1. The monoisotopic (exact) mass is 257 g/mol. The number of thioether (sulfide) groups is 1. The number of carboxylic acids is 1. The van der Waals surface area contributed by atoms with E-state index in [1.54, 1.807) is 18.0 Å². The summed E-state index contributed by atoms with van der Waals surface area (Å²) in [6.07, 6.45) is 4.42. The smallest absolute Gasteiger partial charge is 0.326 e. The summed E-state index contributed by atoms with van der Waals surface area (Å²) in [5.41, 5.74) is 0. The van der Waals surface area contributed by atoms with Gasteiger partial charge in [-0.3, -0.25) is 4.79 Å². The van der Waals surface area contributed by atoms with Gasteiger partial charge >= 0.3 is 5.97 Å². The number of nitrogens with zero attached hydrogens (tertiary/aromatic N) is 2. The lowest BCUT2D eigenvalue weighted by molar-refractivity contribution is -0.140. The Morgan fingerprint density at radius 1 is 1.76 bits per heavy atom. The van der Waals surface area contributed by atoms with Crippen molar-refractivity contribution in [1.29, 1.82) is 0 Å². The fraction of sp³-hybridized carbons (Fsp3) is 0.500. The standard InChI is InChI=1S/C10H15N3O3S/c1-13-4-3-11-9(13)6-17-5-2-8(10(15)16)12-7-14/h3-4,7-8H,2,5-6H2,1H3,(H,12,14)(H,15,16). The molecule has 7 heteroatoms. The number of imidazole rings is 1. The van der Waals surface area contributed by atoms with Crippen LogP contribution in [0.15, 0.2) is 12.4 Å². The number of hydrogen-bond donors (Lipinski definition) is 2. The molecule has 1 heterocycles. The van der Waals surface area contributed by atoms with E-state index < -0.39 is 12.0 Å². The minimum absolute atomic E-state index is 0.406. The zero-order valence-corrected chi connectivity index (χ0v) is 10.3. The first kappa shape index (κ1) is 13.6. The van der Waals surface area contributed by atoms with Crippen molar-refractivity contribution in [3.63, 3.8) is 0 Å². The Labute approximate surface area is 103 Å². The van der Waals surface area contributed by atoms with Crippen molar-refractivity contribution < 1.29 is 14.7 Å². The Kier molecular flexibility index (Phi) is 5.55. The summed E-state index contributed by atoms with van der Waals surface area (Å²) in [5.74, 6) is 1.33. The molecule has 17 heavy (non-hydrogen) atoms. The van der Waals surface area contributed by atoms with E-state index in [-0.39, 0.29) is 0 Å². The molecule has 0 bridgehead atoms. The van der Waals surface area contributed by atoms with Crippen molar-refractivity contribution in [1.82, 2.24) is 14.9 Å². The van der Waals surface area contributed by atoms with E-state index in [0.29, 0.717) is 18.6 Å². The molecule has 1 rings (SSSR count). The Balaban J connectivity index is 2.25.